The zero-order valence-electron chi connectivity index (χ0n) is 85.8. The number of carboxylic acids is 7. The highest BCUT2D eigenvalue weighted by Crippen LogP contribution is 2.21. The standard InChI is InChI=1S/C19H38O2.C18H36O2.C17H34O2.C16H32O2.C15H30O2.C14H28O2.C13H26O2/c1-2-3-4-5-6-7-8-9-10-11-12-13-14-15-16-17-18-19(20)21;1-2-3-4-5-6-7-8-9-10-11-12-13-14-15-16-17-18(19)20;1-2-3-4-5-6-7-8-9-10-11-12-13-14-15-16-17(18)19;1-2-3-4-5-6-7-8-9-10-11-12-13-14-15-16(17)18;1-2-3-4-5-6-7-8-9-10-11-12-13-14-15(16)17;1-2-3-4-5-6-7-8-9-10-11-12-13-14(15)16;1-2-3-4-5-6-7-8-9-10-11-12-13(14)15/h2-18H2,1H3,(H,20,21);2-17H2,1H3,(H,19,20);2-16H2,1H3,(H,18,19);2-15H2,1H3,(H,17,18);2-14H2,1H3,(H,16,17);2-13H2,1H3,(H,15,16);2-12H2,1H3,(H,14,15). The van der Waals surface area contributed by atoms with E-state index in [0.717, 1.165) is 89.9 Å². The van der Waals surface area contributed by atoms with Crippen molar-refractivity contribution in [1.82, 2.24) is 0 Å². The van der Waals surface area contributed by atoms with E-state index in [9.17, 15) is 33.6 Å². The maximum atomic E-state index is 10.3. The van der Waals surface area contributed by atoms with Gasteiger partial charge in [-0.15, -0.1) is 0 Å². The highest BCUT2D eigenvalue weighted by molar-refractivity contribution is 5.68. The monoisotopic (exact) mass is 1790 g/mol. The zero-order chi connectivity index (χ0) is 94.3. The Morgan fingerprint density at radius 2 is 0.143 bits per heavy atom. The van der Waals surface area contributed by atoms with Gasteiger partial charge in [0.15, 0.2) is 0 Å². The normalized spacial score (nSPS) is 10.7. The summed E-state index contributed by atoms with van der Waals surface area (Å²) in [6.45, 7) is 15.8. The minimum absolute atomic E-state index is 0.344. The fraction of sp³-hybridized carbons (Fsp3) is 0.938. The summed E-state index contributed by atoms with van der Waals surface area (Å²) in [6, 6.07) is 0. The number of hydrogen-bond donors (Lipinski definition) is 7. The van der Waals surface area contributed by atoms with E-state index < -0.39 is 41.8 Å². The molecule has 14 heteroatoms. The van der Waals surface area contributed by atoms with Crippen LogP contribution in [-0.2, 0) is 33.6 Å². The summed E-state index contributed by atoms with van der Waals surface area (Å²) >= 11 is 0. The van der Waals surface area contributed by atoms with E-state index in [0.29, 0.717) is 44.9 Å². The van der Waals surface area contributed by atoms with Gasteiger partial charge in [-0.1, -0.05) is 588 Å². The van der Waals surface area contributed by atoms with Crippen LogP contribution in [0.2, 0.25) is 0 Å². The van der Waals surface area contributed by atoms with Crippen LogP contribution in [0.5, 0.6) is 0 Å². The van der Waals surface area contributed by atoms with Crippen molar-refractivity contribution in [2.24, 2.45) is 0 Å². The summed E-state index contributed by atoms with van der Waals surface area (Å²) in [5, 5.41) is 59.4. The van der Waals surface area contributed by atoms with Gasteiger partial charge in [-0.2, -0.15) is 0 Å². The van der Waals surface area contributed by atoms with Crippen LogP contribution in [0.15, 0.2) is 0 Å². The summed E-state index contributed by atoms with van der Waals surface area (Å²) in [4.78, 5) is 72.1. The second-order valence-corrected chi connectivity index (χ2v) is 37.7. The van der Waals surface area contributed by atoms with Crippen LogP contribution in [-0.4, -0.2) is 77.5 Å². The van der Waals surface area contributed by atoms with Crippen LogP contribution in [0, 0.1) is 0 Å². The summed E-state index contributed by atoms with van der Waals surface area (Å²) < 4.78 is 0. The molecule has 0 saturated carbocycles. The number of aliphatic carboxylic acids is 7. The molecule has 0 heterocycles. The van der Waals surface area contributed by atoms with Crippen LogP contribution < -0.4 is 0 Å². The highest BCUT2D eigenvalue weighted by Gasteiger charge is 2.06. The fourth-order valence-electron chi connectivity index (χ4n) is 16.1. The number of unbranched alkanes of at least 4 members (excludes halogenated alkanes) is 84. The van der Waals surface area contributed by atoms with Crippen molar-refractivity contribution < 1.29 is 69.3 Å². The predicted octanol–water partition coefficient (Wildman–Crippen LogP) is 38.9. The molecule has 7 N–H and O–H groups in total. The van der Waals surface area contributed by atoms with Gasteiger partial charge in [0.05, 0.1) is 0 Å². The van der Waals surface area contributed by atoms with Crippen LogP contribution in [0.3, 0.4) is 0 Å². The van der Waals surface area contributed by atoms with Crippen LogP contribution in [0.25, 0.3) is 0 Å². The quantitative estimate of drug-likeness (QED) is 0.0280. The van der Waals surface area contributed by atoms with Gasteiger partial charge in [0.2, 0.25) is 0 Å². The maximum Gasteiger partial charge on any atom is 0.303 e. The first-order valence-electron chi connectivity index (χ1n) is 55.9. The van der Waals surface area contributed by atoms with Gasteiger partial charge in [0.25, 0.3) is 0 Å². The van der Waals surface area contributed by atoms with E-state index in [2.05, 4.69) is 48.5 Å². The lowest BCUT2D eigenvalue weighted by Crippen LogP contribution is -1.93. The number of carboxylic acid groups (broad SMARTS) is 7. The lowest BCUT2D eigenvalue weighted by Gasteiger charge is -2.03. The van der Waals surface area contributed by atoms with Gasteiger partial charge in [0, 0.05) is 44.9 Å². The first kappa shape index (κ1) is 135. The Labute approximate surface area is 784 Å². The lowest BCUT2D eigenvalue weighted by atomic mass is 10.0. The van der Waals surface area contributed by atoms with E-state index in [1.807, 2.05) is 0 Å². The molecule has 0 spiro atoms. The highest BCUT2D eigenvalue weighted by atomic mass is 16.4. The SMILES string of the molecule is CCCCCCCCCCCCC(=O)O.CCCCCCCCCCCCCC(=O)O.CCCCCCCCCCCCCCC(=O)O.CCCCCCCCCCCCCCCC(=O)O.CCCCCCCCCCCCCCCCC(=O)O.CCCCCCCCCCCCCCCCCC(=O)O.CCCCCCCCCCCCCCCCCCC(=O)O. The molecule has 756 valence electrons. The summed E-state index contributed by atoms with van der Waals surface area (Å²) in [6.07, 6.45) is 121. The first-order chi connectivity index (χ1) is 61.4. The summed E-state index contributed by atoms with van der Waals surface area (Å²) in [7, 11) is 0. The van der Waals surface area contributed by atoms with E-state index in [-0.39, 0.29) is 0 Å². The molecule has 14 nitrogen and oxygen atoms in total. The Morgan fingerprint density at radius 3 is 0.190 bits per heavy atom. The number of carbonyl (C=O) groups is 7. The smallest absolute Gasteiger partial charge is 0.303 e. The van der Waals surface area contributed by atoms with Gasteiger partial charge >= 0.3 is 41.8 Å². The molecule has 0 saturated heterocycles. The molecule has 0 radical (unpaired) electrons. The molecule has 0 aromatic heterocycles. The van der Waals surface area contributed by atoms with Crippen LogP contribution >= 0.6 is 0 Å². The van der Waals surface area contributed by atoms with Gasteiger partial charge in [-0.05, 0) is 44.9 Å². The Hall–Kier alpha value is -3.71. The van der Waals surface area contributed by atoms with Crippen LogP contribution in [0.4, 0.5) is 0 Å². The molecular weight excluding hydrogens is 1570 g/mol. The minimum Gasteiger partial charge on any atom is -0.481 e. The van der Waals surface area contributed by atoms with Crippen molar-refractivity contribution >= 4 is 41.8 Å². The van der Waals surface area contributed by atoms with Gasteiger partial charge < -0.3 is 35.7 Å². The third-order valence-electron chi connectivity index (χ3n) is 24.5. The summed E-state index contributed by atoms with van der Waals surface area (Å²) in [5.74, 6) is -4.58. The zero-order valence-corrected chi connectivity index (χ0v) is 85.8. The van der Waals surface area contributed by atoms with Crippen molar-refractivity contribution in [2.45, 2.75) is 678 Å². The molecule has 0 amide bonds. The largest absolute Gasteiger partial charge is 0.481 e. The lowest BCUT2D eigenvalue weighted by molar-refractivity contribution is -0.138. The average Bonchev–Trinajstić information content (AvgIpc) is 1.17. The number of rotatable bonds is 98. The van der Waals surface area contributed by atoms with Crippen molar-refractivity contribution in [3.8, 4) is 0 Å². The molecule has 0 aliphatic heterocycles. The van der Waals surface area contributed by atoms with Crippen molar-refractivity contribution in [3.63, 3.8) is 0 Å². The van der Waals surface area contributed by atoms with Gasteiger partial charge in [-0.3, -0.25) is 33.6 Å². The molecule has 0 aromatic carbocycles. The second kappa shape index (κ2) is 132. The molecule has 0 bridgehead atoms. The fourth-order valence-corrected chi connectivity index (χ4v) is 16.1. The van der Waals surface area contributed by atoms with Crippen LogP contribution in [0.1, 0.15) is 678 Å². The predicted molar refractivity (Wildman–Crippen MR) is 546 cm³/mol. The van der Waals surface area contributed by atoms with E-state index in [4.69, 9.17) is 35.7 Å². The topological polar surface area (TPSA) is 261 Å². The molecule has 0 atom stereocenters. The van der Waals surface area contributed by atoms with Crippen molar-refractivity contribution in [2.75, 3.05) is 0 Å². The average molecular weight is 1800 g/mol. The molecule has 0 aliphatic carbocycles. The Kier molecular flexibility index (Phi) is 142. The Bertz CT molecular complexity index is 2030. The summed E-state index contributed by atoms with van der Waals surface area (Å²) in [5.41, 5.74) is 0. The van der Waals surface area contributed by atoms with E-state index in [1.54, 1.807) is 0 Å². The third-order valence-corrected chi connectivity index (χ3v) is 24.5. The molecule has 0 fully saturated rings. The van der Waals surface area contributed by atoms with E-state index in [1.165, 1.54) is 494 Å². The van der Waals surface area contributed by atoms with Crippen molar-refractivity contribution in [3.05, 3.63) is 0 Å². The molecular formula is C112H224O14. The Balaban J connectivity index is -0.000000263. The molecule has 0 rings (SSSR count). The second-order valence-electron chi connectivity index (χ2n) is 37.7. The molecule has 126 heavy (non-hydrogen) atoms. The van der Waals surface area contributed by atoms with Crippen molar-refractivity contribution in [1.29, 1.82) is 0 Å². The molecule has 0 unspecified atom stereocenters. The first-order valence-corrected chi connectivity index (χ1v) is 55.9. The minimum atomic E-state index is -0.658. The number of hydrogen-bond acceptors (Lipinski definition) is 7. The van der Waals surface area contributed by atoms with Gasteiger partial charge in [-0.25, -0.2) is 0 Å². The van der Waals surface area contributed by atoms with E-state index >= 15 is 0 Å². The third kappa shape index (κ3) is 167. The molecule has 0 aliphatic rings. The van der Waals surface area contributed by atoms with Gasteiger partial charge in [0.1, 0.15) is 0 Å². The molecule has 0 aromatic rings. The Morgan fingerprint density at radius 1 is 0.0952 bits per heavy atom. The maximum absolute atomic E-state index is 10.3.